The van der Waals surface area contributed by atoms with Gasteiger partial charge in [0.2, 0.25) is 5.91 Å². The second-order valence-corrected chi connectivity index (χ2v) is 9.83. The quantitative estimate of drug-likeness (QED) is 0.722. The Morgan fingerprint density at radius 3 is 2.36 bits per heavy atom. The molecule has 0 radical (unpaired) electrons. The maximum Gasteiger partial charge on any atom is 0.225 e. The predicted molar refractivity (Wildman–Crippen MR) is 114 cm³/mol. The van der Waals surface area contributed by atoms with Crippen LogP contribution in [-0.4, -0.2) is 83.7 Å². The molecule has 1 amide bonds. The molecule has 0 aliphatic carbocycles. The molecule has 3 aliphatic rings. The molecule has 3 heterocycles. The molecule has 5 nitrogen and oxygen atoms in total. The van der Waals surface area contributed by atoms with Gasteiger partial charge in [0.1, 0.15) is 0 Å². The van der Waals surface area contributed by atoms with Crippen LogP contribution in [0.2, 0.25) is 0 Å². The van der Waals surface area contributed by atoms with Gasteiger partial charge in [-0.3, -0.25) is 4.79 Å². The molecular weight excluding hydrogens is 350 g/mol. The van der Waals surface area contributed by atoms with E-state index < -0.39 is 0 Å². The number of likely N-dealkylation sites (tertiary alicyclic amines) is 3. The third-order valence-electron chi connectivity index (χ3n) is 7.61. The number of aliphatic hydroxyl groups is 1. The van der Waals surface area contributed by atoms with Crippen LogP contribution in [0.1, 0.15) is 65.7 Å². The largest absolute Gasteiger partial charge is 0.396 e. The topological polar surface area (TPSA) is 47.0 Å². The fourth-order valence-corrected chi connectivity index (χ4v) is 5.68. The number of nitrogens with zero attached hydrogens (tertiary/aromatic N) is 3. The van der Waals surface area contributed by atoms with E-state index >= 15 is 0 Å². The number of hydrogen-bond donors (Lipinski definition) is 1. The van der Waals surface area contributed by atoms with Crippen LogP contribution in [0.15, 0.2) is 0 Å². The van der Waals surface area contributed by atoms with Crippen LogP contribution >= 0.6 is 0 Å². The summed E-state index contributed by atoms with van der Waals surface area (Å²) >= 11 is 0. The summed E-state index contributed by atoms with van der Waals surface area (Å²) in [6, 6.07) is 1.21. The summed E-state index contributed by atoms with van der Waals surface area (Å²) in [5.41, 5.74) is 0. The summed E-state index contributed by atoms with van der Waals surface area (Å²) in [5, 5.41) is 9.54. The van der Waals surface area contributed by atoms with Gasteiger partial charge in [-0.1, -0.05) is 6.92 Å². The zero-order chi connectivity index (χ0) is 20.1. The number of amides is 1. The first-order valence-corrected chi connectivity index (χ1v) is 11.9. The minimum Gasteiger partial charge on any atom is -0.396 e. The highest BCUT2D eigenvalue weighted by Gasteiger charge is 2.35. The molecule has 0 saturated carbocycles. The Morgan fingerprint density at radius 2 is 1.71 bits per heavy atom. The highest BCUT2D eigenvalue weighted by atomic mass is 16.3. The molecule has 3 aliphatic heterocycles. The molecule has 3 unspecified atom stereocenters. The van der Waals surface area contributed by atoms with Gasteiger partial charge < -0.3 is 19.8 Å². The molecule has 0 spiro atoms. The van der Waals surface area contributed by atoms with Crippen LogP contribution in [0.4, 0.5) is 0 Å². The molecule has 0 aromatic rings. The summed E-state index contributed by atoms with van der Waals surface area (Å²) in [4.78, 5) is 20.3. The summed E-state index contributed by atoms with van der Waals surface area (Å²) in [6.45, 7) is 13.4. The van der Waals surface area contributed by atoms with Crippen molar-refractivity contribution in [2.24, 2.45) is 17.8 Å². The summed E-state index contributed by atoms with van der Waals surface area (Å²) in [6.07, 6.45) is 8.01. The van der Waals surface area contributed by atoms with Crippen molar-refractivity contribution in [1.82, 2.24) is 14.7 Å². The van der Waals surface area contributed by atoms with Crippen molar-refractivity contribution in [3.05, 3.63) is 0 Å². The normalized spacial score (nSPS) is 29.5. The van der Waals surface area contributed by atoms with Gasteiger partial charge in [-0.2, -0.15) is 0 Å². The van der Waals surface area contributed by atoms with Crippen LogP contribution in [0.5, 0.6) is 0 Å². The molecular formula is C23H43N3O2. The maximum absolute atomic E-state index is 13.0. The third kappa shape index (κ3) is 5.48. The van der Waals surface area contributed by atoms with Crippen LogP contribution in [0, 0.1) is 17.8 Å². The summed E-state index contributed by atoms with van der Waals surface area (Å²) in [7, 11) is 0. The summed E-state index contributed by atoms with van der Waals surface area (Å²) < 4.78 is 0. The zero-order valence-corrected chi connectivity index (χ0v) is 18.5. The molecule has 0 aromatic carbocycles. The second-order valence-electron chi connectivity index (χ2n) is 9.83. The van der Waals surface area contributed by atoms with Crippen molar-refractivity contribution in [1.29, 1.82) is 0 Å². The minimum absolute atomic E-state index is 0.253. The number of aliphatic hydroxyl groups excluding tert-OH is 1. The Bertz CT molecular complexity index is 490. The van der Waals surface area contributed by atoms with Gasteiger partial charge in [0.05, 0.1) is 0 Å². The van der Waals surface area contributed by atoms with Gasteiger partial charge >= 0.3 is 0 Å². The number of hydrogen-bond acceptors (Lipinski definition) is 4. The van der Waals surface area contributed by atoms with Gasteiger partial charge in [-0.05, 0) is 90.3 Å². The lowest BCUT2D eigenvalue weighted by atomic mass is 9.92. The monoisotopic (exact) mass is 393 g/mol. The molecule has 1 N–H and O–H groups in total. The molecule has 0 bridgehead atoms. The van der Waals surface area contributed by atoms with Crippen molar-refractivity contribution < 1.29 is 9.90 Å². The average molecular weight is 394 g/mol. The van der Waals surface area contributed by atoms with E-state index in [9.17, 15) is 9.90 Å². The molecule has 162 valence electrons. The molecule has 3 atom stereocenters. The highest BCUT2D eigenvalue weighted by molar-refractivity contribution is 5.79. The van der Waals surface area contributed by atoms with E-state index in [1.807, 2.05) is 0 Å². The molecule has 0 aromatic heterocycles. The number of piperidine rings is 2. The van der Waals surface area contributed by atoms with Gasteiger partial charge in [0.15, 0.2) is 0 Å². The SMILES string of the molecule is CCC(CC1CCN(C(=O)C2CCN(C(C)C)CC2)C1)N1CCCC(CO)C1. The number of carbonyl (C=O) groups excluding carboxylic acids is 1. The van der Waals surface area contributed by atoms with E-state index in [-0.39, 0.29) is 5.92 Å². The smallest absolute Gasteiger partial charge is 0.225 e. The van der Waals surface area contributed by atoms with Gasteiger partial charge in [0.25, 0.3) is 0 Å². The van der Waals surface area contributed by atoms with Crippen LogP contribution in [0.25, 0.3) is 0 Å². The average Bonchev–Trinajstić information content (AvgIpc) is 3.20. The van der Waals surface area contributed by atoms with Crippen molar-refractivity contribution in [2.75, 3.05) is 45.9 Å². The fourth-order valence-electron chi connectivity index (χ4n) is 5.68. The van der Waals surface area contributed by atoms with E-state index in [0.717, 1.165) is 45.6 Å². The zero-order valence-electron chi connectivity index (χ0n) is 18.5. The molecule has 28 heavy (non-hydrogen) atoms. The van der Waals surface area contributed by atoms with Crippen molar-refractivity contribution in [3.63, 3.8) is 0 Å². The van der Waals surface area contributed by atoms with Gasteiger partial charge in [-0.25, -0.2) is 0 Å². The lowest BCUT2D eigenvalue weighted by Gasteiger charge is -2.38. The van der Waals surface area contributed by atoms with Crippen molar-refractivity contribution >= 4 is 5.91 Å². The number of rotatable bonds is 7. The van der Waals surface area contributed by atoms with Crippen molar-refractivity contribution in [2.45, 2.75) is 77.8 Å². The first-order chi connectivity index (χ1) is 13.5. The first kappa shape index (κ1) is 22.0. The Kier molecular flexibility index (Phi) is 8.19. The van der Waals surface area contributed by atoms with Gasteiger partial charge in [0, 0.05) is 44.2 Å². The van der Waals surface area contributed by atoms with Crippen molar-refractivity contribution in [3.8, 4) is 0 Å². The lowest BCUT2D eigenvalue weighted by Crippen LogP contribution is -2.45. The van der Waals surface area contributed by atoms with E-state index in [1.165, 1.54) is 38.6 Å². The Morgan fingerprint density at radius 1 is 0.964 bits per heavy atom. The van der Waals surface area contributed by atoms with E-state index in [2.05, 4.69) is 35.5 Å². The van der Waals surface area contributed by atoms with E-state index in [0.29, 0.717) is 36.4 Å². The predicted octanol–water partition coefficient (Wildman–Crippen LogP) is 2.83. The van der Waals surface area contributed by atoms with E-state index in [4.69, 9.17) is 0 Å². The van der Waals surface area contributed by atoms with E-state index in [1.54, 1.807) is 0 Å². The van der Waals surface area contributed by atoms with Crippen LogP contribution in [-0.2, 0) is 4.79 Å². The Balaban J connectivity index is 1.46. The maximum atomic E-state index is 13.0. The van der Waals surface area contributed by atoms with Gasteiger partial charge in [-0.15, -0.1) is 0 Å². The number of carbonyl (C=O) groups is 1. The fraction of sp³-hybridized carbons (Fsp3) is 0.957. The Labute approximate surface area is 172 Å². The van der Waals surface area contributed by atoms with Crippen LogP contribution < -0.4 is 0 Å². The molecule has 3 rings (SSSR count). The molecule has 3 fully saturated rings. The third-order valence-corrected chi connectivity index (χ3v) is 7.61. The second kappa shape index (κ2) is 10.4. The molecule has 3 saturated heterocycles. The molecule has 5 heteroatoms. The standard InChI is InChI=1S/C23H43N3O2/c1-4-22(25-10-5-6-20(16-25)17-27)14-19-7-11-26(15-19)23(28)21-8-12-24(13-9-21)18(2)3/h18-22,27H,4-17H2,1-3H3. The first-order valence-electron chi connectivity index (χ1n) is 11.9. The highest BCUT2D eigenvalue weighted by Crippen LogP contribution is 2.29. The lowest BCUT2D eigenvalue weighted by molar-refractivity contribution is -0.136. The van der Waals surface area contributed by atoms with Crippen LogP contribution in [0.3, 0.4) is 0 Å². The minimum atomic E-state index is 0.253. The summed E-state index contributed by atoms with van der Waals surface area (Å²) in [5.74, 6) is 1.79. The Hall–Kier alpha value is -0.650.